The highest BCUT2D eigenvalue weighted by Crippen LogP contribution is 2.14. The van der Waals surface area contributed by atoms with E-state index in [4.69, 9.17) is 15.2 Å². The number of hydrogen-bond acceptors (Lipinski definition) is 4. The number of anilines is 1. The summed E-state index contributed by atoms with van der Waals surface area (Å²) in [5, 5.41) is 2.71. The Balaban J connectivity index is 1.85. The molecule has 0 radical (unpaired) electrons. The Labute approximate surface area is 106 Å². The van der Waals surface area contributed by atoms with Crippen LogP contribution in [0.1, 0.15) is 18.4 Å². The molecule has 1 aromatic carbocycles. The van der Waals surface area contributed by atoms with Crippen molar-refractivity contribution in [3.63, 3.8) is 0 Å². The van der Waals surface area contributed by atoms with E-state index < -0.39 is 6.09 Å². The second-order valence-electron chi connectivity index (χ2n) is 4.25. The fraction of sp³-hybridized carbons (Fsp3) is 0.462. The van der Waals surface area contributed by atoms with Crippen molar-refractivity contribution < 1.29 is 14.3 Å². The van der Waals surface area contributed by atoms with Crippen LogP contribution in [0.15, 0.2) is 24.3 Å². The van der Waals surface area contributed by atoms with Gasteiger partial charge in [0, 0.05) is 25.1 Å². The quantitative estimate of drug-likeness (QED) is 0.859. The summed E-state index contributed by atoms with van der Waals surface area (Å²) in [4.78, 5) is 11.7. The van der Waals surface area contributed by atoms with Gasteiger partial charge in [-0.3, -0.25) is 5.32 Å². The van der Waals surface area contributed by atoms with Crippen LogP contribution in [0, 0.1) is 0 Å². The van der Waals surface area contributed by atoms with Crippen LogP contribution in [0.5, 0.6) is 0 Å². The Morgan fingerprint density at radius 2 is 2.22 bits per heavy atom. The SMILES string of the molecule is NCc1cccc(NC(=O)OC2CCOCC2)c1. The third kappa shape index (κ3) is 3.72. The van der Waals surface area contributed by atoms with E-state index in [-0.39, 0.29) is 6.10 Å². The molecular formula is C13H18N2O3. The second kappa shape index (κ2) is 6.37. The molecule has 1 saturated heterocycles. The summed E-state index contributed by atoms with van der Waals surface area (Å²) in [6, 6.07) is 7.41. The molecule has 0 bridgehead atoms. The van der Waals surface area contributed by atoms with Crippen molar-refractivity contribution in [3.8, 4) is 0 Å². The Bertz CT molecular complexity index is 403. The number of amides is 1. The zero-order chi connectivity index (χ0) is 12.8. The van der Waals surface area contributed by atoms with Gasteiger partial charge in [0.2, 0.25) is 0 Å². The molecule has 1 aromatic rings. The lowest BCUT2D eigenvalue weighted by molar-refractivity contribution is 0.00592. The Morgan fingerprint density at radius 1 is 1.44 bits per heavy atom. The van der Waals surface area contributed by atoms with Crippen molar-refractivity contribution in [1.29, 1.82) is 0 Å². The second-order valence-corrected chi connectivity index (χ2v) is 4.25. The highest BCUT2D eigenvalue weighted by molar-refractivity contribution is 5.84. The van der Waals surface area contributed by atoms with Gasteiger partial charge in [0.05, 0.1) is 13.2 Å². The van der Waals surface area contributed by atoms with Crippen LogP contribution in [0.25, 0.3) is 0 Å². The normalized spacial score (nSPS) is 16.3. The van der Waals surface area contributed by atoms with Gasteiger partial charge in [0.1, 0.15) is 6.10 Å². The minimum absolute atomic E-state index is 0.0450. The molecule has 0 unspecified atom stereocenters. The van der Waals surface area contributed by atoms with E-state index in [1.165, 1.54) is 0 Å². The van der Waals surface area contributed by atoms with Gasteiger partial charge in [-0.05, 0) is 17.7 Å². The Morgan fingerprint density at radius 3 is 2.94 bits per heavy atom. The molecule has 0 spiro atoms. The van der Waals surface area contributed by atoms with Gasteiger partial charge in [-0.15, -0.1) is 0 Å². The fourth-order valence-corrected chi connectivity index (χ4v) is 1.87. The number of carbonyl (C=O) groups is 1. The molecule has 98 valence electrons. The van der Waals surface area contributed by atoms with Crippen molar-refractivity contribution >= 4 is 11.8 Å². The van der Waals surface area contributed by atoms with E-state index in [0.717, 1.165) is 18.4 Å². The molecule has 0 atom stereocenters. The first-order valence-corrected chi connectivity index (χ1v) is 6.12. The van der Waals surface area contributed by atoms with Gasteiger partial charge in [0.25, 0.3) is 0 Å². The van der Waals surface area contributed by atoms with Crippen LogP contribution in [0.2, 0.25) is 0 Å². The van der Waals surface area contributed by atoms with Crippen molar-refractivity contribution in [2.75, 3.05) is 18.5 Å². The van der Waals surface area contributed by atoms with Crippen LogP contribution in [0.4, 0.5) is 10.5 Å². The summed E-state index contributed by atoms with van der Waals surface area (Å²) in [5.74, 6) is 0. The van der Waals surface area contributed by atoms with Gasteiger partial charge in [0.15, 0.2) is 0 Å². The number of benzene rings is 1. The smallest absolute Gasteiger partial charge is 0.411 e. The van der Waals surface area contributed by atoms with Crippen molar-refractivity contribution in [1.82, 2.24) is 0 Å². The molecule has 2 rings (SSSR count). The number of ether oxygens (including phenoxy) is 2. The first kappa shape index (κ1) is 12.9. The molecule has 1 fully saturated rings. The van der Waals surface area contributed by atoms with Crippen LogP contribution in [-0.4, -0.2) is 25.4 Å². The third-order valence-corrected chi connectivity index (χ3v) is 2.85. The lowest BCUT2D eigenvalue weighted by Gasteiger charge is -2.22. The summed E-state index contributed by atoms with van der Waals surface area (Å²) in [6.45, 7) is 1.76. The largest absolute Gasteiger partial charge is 0.446 e. The third-order valence-electron chi connectivity index (χ3n) is 2.85. The van der Waals surface area contributed by atoms with Gasteiger partial charge in [-0.2, -0.15) is 0 Å². The molecule has 5 nitrogen and oxygen atoms in total. The van der Waals surface area contributed by atoms with Gasteiger partial charge in [-0.25, -0.2) is 4.79 Å². The first-order chi connectivity index (χ1) is 8.78. The topological polar surface area (TPSA) is 73.6 Å². The predicted molar refractivity (Wildman–Crippen MR) is 68.3 cm³/mol. The highest BCUT2D eigenvalue weighted by Gasteiger charge is 2.17. The summed E-state index contributed by atoms with van der Waals surface area (Å²) >= 11 is 0. The summed E-state index contributed by atoms with van der Waals surface area (Å²) in [6.07, 6.45) is 1.06. The number of carbonyl (C=O) groups excluding carboxylic acids is 1. The summed E-state index contributed by atoms with van der Waals surface area (Å²) in [5.41, 5.74) is 7.22. The average Bonchev–Trinajstić information content (AvgIpc) is 2.40. The minimum Gasteiger partial charge on any atom is -0.446 e. The Hall–Kier alpha value is -1.59. The number of rotatable bonds is 3. The van der Waals surface area contributed by atoms with Crippen molar-refractivity contribution in [2.24, 2.45) is 5.73 Å². The number of nitrogens with one attached hydrogen (secondary N) is 1. The molecule has 3 N–H and O–H groups in total. The molecule has 1 amide bonds. The summed E-state index contributed by atoms with van der Waals surface area (Å²) < 4.78 is 10.5. The Kier molecular flexibility index (Phi) is 4.55. The monoisotopic (exact) mass is 250 g/mol. The zero-order valence-electron chi connectivity index (χ0n) is 10.2. The average molecular weight is 250 g/mol. The van der Waals surface area contributed by atoms with Gasteiger partial charge >= 0.3 is 6.09 Å². The molecule has 0 aliphatic carbocycles. The van der Waals surface area contributed by atoms with Crippen LogP contribution in [-0.2, 0) is 16.0 Å². The molecule has 0 saturated carbocycles. The van der Waals surface area contributed by atoms with Crippen molar-refractivity contribution in [3.05, 3.63) is 29.8 Å². The standard InChI is InChI=1S/C13H18N2O3/c14-9-10-2-1-3-11(8-10)15-13(16)18-12-4-6-17-7-5-12/h1-3,8,12H,4-7,9,14H2,(H,15,16). The lowest BCUT2D eigenvalue weighted by Crippen LogP contribution is -2.28. The van der Waals surface area contributed by atoms with Crippen molar-refractivity contribution in [2.45, 2.75) is 25.5 Å². The maximum Gasteiger partial charge on any atom is 0.411 e. The summed E-state index contributed by atoms with van der Waals surface area (Å²) in [7, 11) is 0. The van der Waals surface area contributed by atoms with E-state index in [9.17, 15) is 4.79 Å². The number of hydrogen-bond donors (Lipinski definition) is 2. The van der Waals surface area contributed by atoms with Gasteiger partial charge in [-0.1, -0.05) is 12.1 Å². The maximum atomic E-state index is 11.7. The lowest BCUT2D eigenvalue weighted by atomic mass is 10.2. The van der Waals surface area contributed by atoms with E-state index >= 15 is 0 Å². The first-order valence-electron chi connectivity index (χ1n) is 6.12. The zero-order valence-corrected chi connectivity index (χ0v) is 10.2. The molecule has 18 heavy (non-hydrogen) atoms. The fourth-order valence-electron chi connectivity index (χ4n) is 1.87. The minimum atomic E-state index is -0.420. The van der Waals surface area contributed by atoms with E-state index in [1.807, 2.05) is 24.3 Å². The van der Waals surface area contributed by atoms with E-state index in [0.29, 0.717) is 25.4 Å². The molecule has 1 aliphatic rings. The van der Waals surface area contributed by atoms with E-state index in [2.05, 4.69) is 5.32 Å². The molecule has 5 heteroatoms. The van der Waals surface area contributed by atoms with E-state index in [1.54, 1.807) is 0 Å². The molecule has 1 aliphatic heterocycles. The van der Waals surface area contributed by atoms with Crippen LogP contribution < -0.4 is 11.1 Å². The maximum absolute atomic E-state index is 11.7. The predicted octanol–water partition coefficient (Wildman–Crippen LogP) is 1.87. The molecular weight excluding hydrogens is 232 g/mol. The highest BCUT2D eigenvalue weighted by atomic mass is 16.6. The number of nitrogens with two attached hydrogens (primary N) is 1. The molecule has 1 heterocycles. The van der Waals surface area contributed by atoms with Crippen LogP contribution >= 0.6 is 0 Å². The van der Waals surface area contributed by atoms with Gasteiger partial charge < -0.3 is 15.2 Å². The molecule has 0 aromatic heterocycles. The van der Waals surface area contributed by atoms with Crippen LogP contribution in [0.3, 0.4) is 0 Å².